The first-order valence-corrected chi connectivity index (χ1v) is 8.22. The average Bonchev–Trinajstić information content (AvgIpc) is 2.36. The first kappa shape index (κ1) is 15.9. The van der Waals surface area contributed by atoms with Crippen LogP contribution in [0.3, 0.4) is 0 Å². The highest BCUT2D eigenvalue weighted by Crippen LogP contribution is 2.22. The maximum atomic E-state index is 11.0. The van der Waals surface area contributed by atoms with E-state index in [0.29, 0.717) is 22.3 Å². The molecule has 0 aromatic heterocycles. The predicted molar refractivity (Wildman–Crippen MR) is 87.0 cm³/mol. The molecule has 0 bridgehead atoms. The molecule has 2 aromatic rings. The Morgan fingerprint density at radius 1 is 1.05 bits per heavy atom. The Kier molecular flexibility index (Phi) is 4.95. The Bertz CT molecular complexity index is 751. The fourth-order valence-corrected chi connectivity index (χ4v) is 2.65. The van der Waals surface area contributed by atoms with Crippen LogP contribution >= 0.6 is 23.2 Å². The monoisotopic (exact) mass is 345 g/mol. The summed E-state index contributed by atoms with van der Waals surface area (Å²) in [5.74, 6) is 0. The van der Waals surface area contributed by atoms with E-state index in [1.807, 2.05) is 6.07 Å². The first-order chi connectivity index (χ1) is 9.83. The Balaban J connectivity index is 2.08. The van der Waals surface area contributed by atoms with Crippen LogP contribution in [0, 0.1) is 0 Å². The summed E-state index contributed by atoms with van der Waals surface area (Å²) in [7, 11) is -3.79. The van der Waals surface area contributed by atoms with Gasteiger partial charge in [0.2, 0.25) is 0 Å². The fourth-order valence-electron chi connectivity index (χ4n) is 1.72. The molecule has 0 radical (unpaired) electrons. The maximum Gasteiger partial charge on any atom is 0.296 e. The van der Waals surface area contributed by atoms with E-state index >= 15 is 0 Å². The van der Waals surface area contributed by atoms with Crippen LogP contribution in [0.1, 0.15) is 5.56 Å². The van der Waals surface area contributed by atoms with Crippen molar-refractivity contribution in [2.75, 3.05) is 10.0 Å². The van der Waals surface area contributed by atoms with E-state index in [1.165, 1.54) is 0 Å². The Morgan fingerprint density at radius 2 is 1.76 bits per heavy atom. The standard InChI is InChI=1S/C13H13Cl2N3O2S/c14-10-5-4-9(13(15)6-10)8-17-11-2-1-3-12(7-11)18-21(16,19)20/h1-7,17-18H,8H2,(H2,16,19,20). The smallest absolute Gasteiger partial charge is 0.296 e. The van der Waals surface area contributed by atoms with Gasteiger partial charge in [-0.2, -0.15) is 8.42 Å². The van der Waals surface area contributed by atoms with E-state index < -0.39 is 10.2 Å². The molecule has 0 amide bonds. The molecule has 0 heterocycles. The quantitative estimate of drug-likeness (QED) is 0.777. The van der Waals surface area contributed by atoms with E-state index in [9.17, 15) is 8.42 Å². The molecule has 0 aliphatic heterocycles. The number of benzene rings is 2. The van der Waals surface area contributed by atoms with Gasteiger partial charge in [0.05, 0.1) is 5.69 Å². The number of halogens is 2. The van der Waals surface area contributed by atoms with Gasteiger partial charge in [-0.05, 0) is 35.9 Å². The summed E-state index contributed by atoms with van der Waals surface area (Å²) in [6, 6.07) is 12.0. The predicted octanol–water partition coefficient (Wildman–Crippen LogP) is 3.22. The van der Waals surface area contributed by atoms with Crippen molar-refractivity contribution in [3.8, 4) is 0 Å². The van der Waals surface area contributed by atoms with E-state index in [0.717, 1.165) is 11.3 Å². The van der Waals surface area contributed by atoms with Crippen LogP contribution in [0.5, 0.6) is 0 Å². The van der Waals surface area contributed by atoms with Crippen LogP contribution in [0.15, 0.2) is 42.5 Å². The van der Waals surface area contributed by atoms with Gasteiger partial charge in [0.25, 0.3) is 10.2 Å². The topological polar surface area (TPSA) is 84.2 Å². The van der Waals surface area contributed by atoms with Gasteiger partial charge in [-0.25, -0.2) is 5.14 Å². The molecule has 0 aliphatic carbocycles. The molecule has 0 saturated carbocycles. The lowest BCUT2D eigenvalue weighted by atomic mass is 10.2. The highest BCUT2D eigenvalue weighted by atomic mass is 35.5. The Labute approximate surface area is 133 Å². The van der Waals surface area contributed by atoms with Crippen molar-refractivity contribution in [2.24, 2.45) is 5.14 Å². The molecule has 5 nitrogen and oxygen atoms in total. The second-order valence-electron chi connectivity index (χ2n) is 4.32. The summed E-state index contributed by atoms with van der Waals surface area (Å²) < 4.78 is 24.2. The molecule has 8 heteroatoms. The van der Waals surface area contributed by atoms with Gasteiger partial charge in [0.1, 0.15) is 0 Å². The van der Waals surface area contributed by atoms with Crippen LogP contribution in [0.25, 0.3) is 0 Å². The molecular formula is C13H13Cl2N3O2S. The molecule has 0 aliphatic rings. The van der Waals surface area contributed by atoms with Crippen LogP contribution < -0.4 is 15.2 Å². The molecule has 4 N–H and O–H groups in total. The third kappa shape index (κ3) is 5.09. The normalized spacial score (nSPS) is 11.2. The molecule has 112 valence electrons. The fraction of sp³-hybridized carbons (Fsp3) is 0.0769. The van der Waals surface area contributed by atoms with E-state index in [2.05, 4.69) is 10.0 Å². The molecule has 21 heavy (non-hydrogen) atoms. The molecular weight excluding hydrogens is 333 g/mol. The minimum atomic E-state index is -3.79. The van der Waals surface area contributed by atoms with Crippen molar-refractivity contribution in [1.82, 2.24) is 0 Å². The van der Waals surface area contributed by atoms with E-state index in [4.69, 9.17) is 28.3 Å². The van der Waals surface area contributed by atoms with Gasteiger partial charge in [0, 0.05) is 22.3 Å². The first-order valence-electron chi connectivity index (χ1n) is 5.92. The van der Waals surface area contributed by atoms with Gasteiger partial charge >= 0.3 is 0 Å². The minimum absolute atomic E-state index is 0.379. The van der Waals surface area contributed by atoms with Crippen LogP contribution in [-0.2, 0) is 16.8 Å². The van der Waals surface area contributed by atoms with Crippen molar-refractivity contribution in [2.45, 2.75) is 6.54 Å². The average molecular weight is 346 g/mol. The van der Waals surface area contributed by atoms with Crippen LogP contribution in [0.4, 0.5) is 11.4 Å². The lowest BCUT2D eigenvalue weighted by molar-refractivity contribution is 0.603. The summed E-state index contributed by atoms with van der Waals surface area (Å²) in [6.07, 6.45) is 0. The molecule has 0 fully saturated rings. The summed E-state index contributed by atoms with van der Waals surface area (Å²) in [5, 5.41) is 9.21. The summed E-state index contributed by atoms with van der Waals surface area (Å²) in [5.41, 5.74) is 1.99. The van der Waals surface area contributed by atoms with Crippen molar-refractivity contribution in [3.05, 3.63) is 58.1 Å². The molecule has 2 rings (SSSR count). The maximum absolute atomic E-state index is 11.0. The lowest BCUT2D eigenvalue weighted by Gasteiger charge is -2.10. The number of nitrogens with two attached hydrogens (primary N) is 1. The highest BCUT2D eigenvalue weighted by Gasteiger charge is 2.04. The molecule has 0 spiro atoms. The van der Waals surface area contributed by atoms with Gasteiger partial charge in [-0.15, -0.1) is 0 Å². The second kappa shape index (κ2) is 6.53. The number of rotatable bonds is 5. The van der Waals surface area contributed by atoms with Gasteiger partial charge < -0.3 is 5.32 Å². The third-order valence-electron chi connectivity index (χ3n) is 2.62. The number of hydrogen-bond acceptors (Lipinski definition) is 3. The number of anilines is 2. The summed E-state index contributed by atoms with van der Waals surface area (Å²) in [6.45, 7) is 0.481. The number of nitrogens with one attached hydrogen (secondary N) is 2. The second-order valence-corrected chi connectivity index (χ2v) is 6.45. The number of hydrogen-bond donors (Lipinski definition) is 3. The van der Waals surface area contributed by atoms with Gasteiger partial charge in [-0.3, -0.25) is 4.72 Å². The van der Waals surface area contributed by atoms with Crippen LogP contribution in [-0.4, -0.2) is 8.42 Å². The molecule has 0 unspecified atom stereocenters. The summed E-state index contributed by atoms with van der Waals surface area (Å²) >= 11 is 11.9. The Hall–Kier alpha value is -1.47. The zero-order valence-electron chi connectivity index (χ0n) is 10.8. The third-order valence-corrected chi connectivity index (χ3v) is 3.73. The van der Waals surface area contributed by atoms with Crippen molar-refractivity contribution >= 4 is 44.8 Å². The molecule has 2 aromatic carbocycles. The minimum Gasteiger partial charge on any atom is -0.381 e. The molecule has 0 saturated heterocycles. The van der Waals surface area contributed by atoms with Crippen molar-refractivity contribution < 1.29 is 8.42 Å². The van der Waals surface area contributed by atoms with Crippen molar-refractivity contribution in [3.63, 3.8) is 0 Å². The van der Waals surface area contributed by atoms with E-state index in [1.54, 1.807) is 36.4 Å². The van der Waals surface area contributed by atoms with Crippen molar-refractivity contribution in [1.29, 1.82) is 0 Å². The zero-order chi connectivity index (χ0) is 15.5. The SMILES string of the molecule is NS(=O)(=O)Nc1cccc(NCc2ccc(Cl)cc2Cl)c1. The van der Waals surface area contributed by atoms with E-state index in [-0.39, 0.29) is 0 Å². The Morgan fingerprint density at radius 3 is 2.43 bits per heavy atom. The zero-order valence-corrected chi connectivity index (χ0v) is 13.1. The molecule has 0 atom stereocenters. The van der Waals surface area contributed by atoms with Gasteiger partial charge in [0.15, 0.2) is 0 Å². The largest absolute Gasteiger partial charge is 0.381 e. The highest BCUT2D eigenvalue weighted by molar-refractivity contribution is 7.90. The van der Waals surface area contributed by atoms with Gasteiger partial charge in [-0.1, -0.05) is 35.3 Å². The summed E-state index contributed by atoms with van der Waals surface area (Å²) in [4.78, 5) is 0. The lowest BCUT2D eigenvalue weighted by Crippen LogP contribution is -2.21. The van der Waals surface area contributed by atoms with Crippen LogP contribution in [0.2, 0.25) is 10.0 Å².